The van der Waals surface area contributed by atoms with Crippen molar-refractivity contribution in [1.82, 2.24) is 0 Å². The van der Waals surface area contributed by atoms with Crippen LogP contribution in [0.2, 0.25) is 0 Å². The number of hydrogen-bond acceptors (Lipinski definition) is 4. The monoisotopic (exact) mass is 252 g/mol. The van der Waals surface area contributed by atoms with Crippen LogP contribution in [0.5, 0.6) is 0 Å². The number of amidine groups is 1. The van der Waals surface area contributed by atoms with Gasteiger partial charge in [0, 0.05) is 5.69 Å². The van der Waals surface area contributed by atoms with E-state index in [4.69, 9.17) is 11.6 Å². The number of carbonyl (C=O) groups excluding carboxylic acids is 1. The number of carbonyl (C=O) groups is 1. The highest BCUT2D eigenvalue weighted by Crippen LogP contribution is 2.16. The number of thioether (sulfide) groups is 1. The van der Waals surface area contributed by atoms with Crippen molar-refractivity contribution in [2.75, 3.05) is 11.1 Å². The average molecular weight is 252 g/mol. The first-order chi connectivity index (χ1) is 8.02. The number of anilines is 1. The van der Waals surface area contributed by atoms with E-state index < -0.39 is 0 Å². The molecule has 92 valence electrons. The summed E-state index contributed by atoms with van der Waals surface area (Å²) in [6.07, 6.45) is 0. The zero-order valence-electron chi connectivity index (χ0n) is 9.86. The molecule has 1 amide bonds. The topological polar surface area (TPSA) is 93.5 Å². The first kappa shape index (κ1) is 13.4. The fraction of sp³-hybridized carbons (Fsp3) is 0.273. The van der Waals surface area contributed by atoms with Crippen LogP contribution in [-0.2, 0) is 4.79 Å². The minimum absolute atomic E-state index is 0.131. The maximum Gasteiger partial charge on any atom is 0.234 e. The zero-order chi connectivity index (χ0) is 12.8. The number of nitrogens with one attached hydrogen (secondary N) is 1. The van der Waals surface area contributed by atoms with Crippen LogP contribution in [0, 0.1) is 13.8 Å². The molecular weight excluding hydrogens is 236 g/mol. The maximum absolute atomic E-state index is 11.6. The van der Waals surface area contributed by atoms with Gasteiger partial charge in [-0.05, 0) is 25.5 Å². The predicted octanol–water partition coefficient (Wildman–Crippen LogP) is 1.16. The second-order valence-corrected chi connectivity index (χ2v) is 4.62. The first-order valence-corrected chi connectivity index (χ1v) is 6.04. The van der Waals surface area contributed by atoms with Crippen molar-refractivity contribution in [2.45, 2.75) is 13.8 Å². The average Bonchev–Trinajstić information content (AvgIpc) is 2.29. The van der Waals surface area contributed by atoms with Gasteiger partial charge in [0.25, 0.3) is 0 Å². The number of nitrogens with zero attached hydrogens (tertiary/aromatic N) is 1. The van der Waals surface area contributed by atoms with Gasteiger partial charge >= 0.3 is 0 Å². The molecule has 0 spiro atoms. The van der Waals surface area contributed by atoms with Gasteiger partial charge < -0.3 is 16.9 Å². The summed E-state index contributed by atoms with van der Waals surface area (Å²) in [5.74, 6) is 5.03. The third-order valence-electron chi connectivity index (χ3n) is 2.13. The summed E-state index contributed by atoms with van der Waals surface area (Å²) < 4.78 is 0. The molecular formula is C11H16N4OS. The van der Waals surface area contributed by atoms with Crippen LogP contribution in [0.4, 0.5) is 5.69 Å². The molecule has 17 heavy (non-hydrogen) atoms. The summed E-state index contributed by atoms with van der Waals surface area (Å²) >= 11 is 1.10. The molecule has 5 nitrogen and oxygen atoms in total. The molecule has 0 aliphatic heterocycles. The largest absolute Gasteiger partial charge is 0.377 e. The number of aryl methyl sites for hydroxylation is 2. The Hall–Kier alpha value is -1.69. The van der Waals surface area contributed by atoms with E-state index in [1.807, 2.05) is 32.0 Å². The van der Waals surface area contributed by atoms with E-state index in [9.17, 15) is 4.79 Å². The first-order valence-electron chi connectivity index (χ1n) is 5.06. The summed E-state index contributed by atoms with van der Waals surface area (Å²) in [5.41, 5.74) is 8.37. The Kier molecular flexibility index (Phi) is 4.84. The van der Waals surface area contributed by atoms with Crippen molar-refractivity contribution in [3.8, 4) is 0 Å². The number of hydrazone groups is 1. The van der Waals surface area contributed by atoms with Crippen LogP contribution in [0.25, 0.3) is 0 Å². The summed E-state index contributed by atoms with van der Waals surface area (Å²) in [6, 6.07) is 5.84. The molecule has 0 fully saturated rings. The van der Waals surface area contributed by atoms with E-state index in [2.05, 4.69) is 10.4 Å². The second-order valence-electron chi connectivity index (χ2n) is 3.62. The lowest BCUT2D eigenvalue weighted by Gasteiger charge is -2.08. The Morgan fingerprint density at radius 1 is 1.47 bits per heavy atom. The van der Waals surface area contributed by atoms with Crippen LogP contribution in [0.1, 0.15) is 11.1 Å². The lowest BCUT2D eigenvalue weighted by Crippen LogP contribution is -2.18. The van der Waals surface area contributed by atoms with E-state index in [1.54, 1.807) is 0 Å². The van der Waals surface area contributed by atoms with Crippen molar-refractivity contribution in [2.24, 2.45) is 16.7 Å². The molecule has 6 heteroatoms. The standard InChI is InChI=1S/C11H16N4OS/c1-7-3-4-9(8(2)5-7)14-10(16)6-17-11(12)15-13/h3-5H,6,13H2,1-2H3,(H2,12,15)(H,14,16). The highest BCUT2D eigenvalue weighted by molar-refractivity contribution is 8.14. The van der Waals surface area contributed by atoms with Gasteiger partial charge in [-0.3, -0.25) is 4.79 Å². The van der Waals surface area contributed by atoms with Gasteiger partial charge in [0.05, 0.1) is 5.75 Å². The van der Waals surface area contributed by atoms with Crippen LogP contribution < -0.4 is 16.9 Å². The van der Waals surface area contributed by atoms with Crippen molar-refractivity contribution >= 4 is 28.5 Å². The molecule has 0 atom stereocenters. The molecule has 1 aromatic rings. The van der Waals surface area contributed by atoms with Gasteiger partial charge in [-0.2, -0.15) is 5.10 Å². The molecule has 5 N–H and O–H groups in total. The fourth-order valence-corrected chi connectivity index (χ4v) is 1.74. The van der Waals surface area contributed by atoms with E-state index >= 15 is 0 Å². The van der Waals surface area contributed by atoms with Gasteiger partial charge in [-0.25, -0.2) is 0 Å². The molecule has 0 bridgehead atoms. The normalized spacial score (nSPS) is 11.3. The lowest BCUT2D eigenvalue weighted by atomic mass is 10.1. The minimum atomic E-state index is -0.131. The van der Waals surface area contributed by atoms with Crippen molar-refractivity contribution in [1.29, 1.82) is 0 Å². The smallest absolute Gasteiger partial charge is 0.234 e. The Morgan fingerprint density at radius 2 is 2.18 bits per heavy atom. The fourth-order valence-electron chi connectivity index (χ4n) is 1.32. The molecule has 0 aromatic heterocycles. The number of benzene rings is 1. The number of rotatable bonds is 3. The summed E-state index contributed by atoms with van der Waals surface area (Å²) in [5, 5.41) is 6.27. The molecule has 0 radical (unpaired) electrons. The second kappa shape index (κ2) is 6.15. The van der Waals surface area contributed by atoms with Crippen molar-refractivity contribution in [3.05, 3.63) is 29.3 Å². The van der Waals surface area contributed by atoms with Gasteiger partial charge in [0.1, 0.15) is 0 Å². The number of nitrogens with two attached hydrogens (primary N) is 2. The number of amides is 1. The summed E-state index contributed by atoms with van der Waals surface area (Å²) in [7, 11) is 0. The van der Waals surface area contributed by atoms with Crippen molar-refractivity contribution < 1.29 is 4.79 Å². The van der Waals surface area contributed by atoms with Crippen molar-refractivity contribution in [3.63, 3.8) is 0 Å². The molecule has 0 aliphatic carbocycles. The maximum atomic E-state index is 11.6. The van der Waals surface area contributed by atoms with Gasteiger partial charge in [0.2, 0.25) is 5.91 Å². The molecule has 0 heterocycles. The van der Waals surface area contributed by atoms with Crippen LogP contribution in [-0.4, -0.2) is 16.8 Å². The van der Waals surface area contributed by atoms with E-state index in [0.717, 1.165) is 28.6 Å². The lowest BCUT2D eigenvalue weighted by molar-refractivity contribution is -0.113. The summed E-state index contributed by atoms with van der Waals surface area (Å²) in [6.45, 7) is 3.96. The Morgan fingerprint density at radius 3 is 2.76 bits per heavy atom. The highest BCUT2D eigenvalue weighted by Gasteiger charge is 2.06. The molecule has 1 rings (SSSR count). The van der Waals surface area contributed by atoms with Gasteiger partial charge in [0.15, 0.2) is 5.17 Å². The molecule has 0 aliphatic rings. The SMILES string of the molecule is Cc1ccc(NC(=O)CSC(N)=NN)c(C)c1. The molecule has 0 unspecified atom stereocenters. The van der Waals surface area contributed by atoms with Gasteiger partial charge in [-0.15, -0.1) is 0 Å². The third kappa shape index (κ3) is 4.36. The summed E-state index contributed by atoms with van der Waals surface area (Å²) in [4.78, 5) is 11.6. The quantitative estimate of drug-likeness (QED) is 0.326. The van der Waals surface area contributed by atoms with Crippen LogP contribution in [0.3, 0.4) is 0 Å². The minimum Gasteiger partial charge on any atom is -0.377 e. The zero-order valence-corrected chi connectivity index (χ0v) is 10.7. The Labute approximate surface area is 105 Å². The predicted molar refractivity (Wildman–Crippen MR) is 72.8 cm³/mol. The van der Waals surface area contributed by atoms with E-state index in [-0.39, 0.29) is 16.8 Å². The van der Waals surface area contributed by atoms with E-state index in [0.29, 0.717) is 0 Å². The molecule has 0 saturated carbocycles. The van der Waals surface area contributed by atoms with E-state index in [1.165, 1.54) is 0 Å². The number of hydrogen-bond donors (Lipinski definition) is 3. The Balaban J connectivity index is 2.56. The van der Waals surface area contributed by atoms with Crippen LogP contribution >= 0.6 is 11.8 Å². The molecule has 0 saturated heterocycles. The third-order valence-corrected chi connectivity index (χ3v) is 2.94. The van der Waals surface area contributed by atoms with Gasteiger partial charge in [-0.1, -0.05) is 29.5 Å². The Bertz CT molecular complexity index is 445. The van der Waals surface area contributed by atoms with Crippen LogP contribution in [0.15, 0.2) is 23.3 Å². The highest BCUT2D eigenvalue weighted by atomic mass is 32.2. The molecule has 1 aromatic carbocycles.